The van der Waals surface area contributed by atoms with Crippen LogP contribution in [0.15, 0.2) is 18.2 Å². The maximum absolute atomic E-state index is 13.4. The smallest absolute Gasteiger partial charge is 0.234 e. The van der Waals surface area contributed by atoms with Gasteiger partial charge < -0.3 is 11.1 Å². The van der Waals surface area contributed by atoms with Crippen LogP contribution < -0.4 is 11.1 Å². The molecule has 0 aliphatic heterocycles. The Balaban J connectivity index is 2.87. The number of nitrogens with two attached hydrogens (primary N) is 1. The highest BCUT2D eigenvalue weighted by molar-refractivity contribution is 7.91. The Morgan fingerprint density at radius 1 is 1.47 bits per heavy atom. The molecule has 94 valence electrons. The first-order valence-electron chi connectivity index (χ1n) is 4.79. The number of anilines is 1. The highest BCUT2D eigenvalue weighted by Gasteiger charge is 2.18. The predicted molar refractivity (Wildman–Crippen MR) is 62.4 cm³/mol. The fourth-order valence-electron chi connectivity index (χ4n) is 1.24. The van der Waals surface area contributed by atoms with Crippen LogP contribution in [0.1, 0.15) is 5.56 Å². The molecule has 0 atom stereocenters. The summed E-state index contributed by atoms with van der Waals surface area (Å²) < 4.78 is 36.5. The number of benzene rings is 1. The van der Waals surface area contributed by atoms with Crippen molar-refractivity contribution in [2.45, 2.75) is 5.75 Å². The molecular weight excluding hydrogens is 247 g/mol. The average Bonchev–Trinajstić information content (AvgIpc) is 2.21. The van der Waals surface area contributed by atoms with E-state index in [1.807, 2.05) is 0 Å². The molecule has 0 saturated carbocycles. The quantitative estimate of drug-likeness (QED) is 0.750. The lowest BCUT2D eigenvalue weighted by Gasteiger charge is -2.05. The fourth-order valence-corrected chi connectivity index (χ4v) is 2.59. The molecule has 0 bridgehead atoms. The van der Waals surface area contributed by atoms with Crippen LogP contribution in [0.2, 0.25) is 0 Å². The van der Waals surface area contributed by atoms with Crippen molar-refractivity contribution < 1.29 is 17.6 Å². The van der Waals surface area contributed by atoms with E-state index in [1.165, 1.54) is 19.2 Å². The average molecular weight is 260 g/mol. The molecule has 0 aromatic heterocycles. The lowest BCUT2D eigenvalue weighted by Crippen LogP contribution is -2.27. The molecule has 0 saturated heterocycles. The first kappa shape index (κ1) is 13.4. The number of nitrogens with one attached hydrogen (secondary N) is 1. The topological polar surface area (TPSA) is 89.3 Å². The van der Waals surface area contributed by atoms with E-state index in [-0.39, 0.29) is 11.3 Å². The zero-order valence-corrected chi connectivity index (χ0v) is 10.1. The van der Waals surface area contributed by atoms with Gasteiger partial charge in [-0.2, -0.15) is 0 Å². The Morgan fingerprint density at radius 3 is 2.65 bits per heavy atom. The monoisotopic (exact) mass is 260 g/mol. The Hall–Kier alpha value is -1.63. The van der Waals surface area contributed by atoms with Gasteiger partial charge in [0.2, 0.25) is 5.91 Å². The normalized spacial score (nSPS) is 11.2. The predicted octanol–water partition coefficient (Wildman–Crippen LogP) is 0.0687. The van der Waals surface area contributed by atoms with Crippen LogP contribution in [0.5, 0.6) is 0 Å². The first-order chi connectivity index (χ1) is 7.84. The van der Waals surface area contributed by atoms with E-state index < -0.39 is 33.1 Å². The zero-order chi connectivity index (χ0) is 13.1. The van der Waals surface area contributed by atoms with Gasteiger partial charge >= 0.3 is 0 Å². The van der Waals surface area contributed by atoms with E-state index in [4.69, 9.17) is 5.73 Å². The maximum Gasteiger partial charge on any atom is 0.234 e. The third-order valence-corrected chi connectivity index (χ3v) is 3.54. The molecule has 3 N–H and O–H groups in total. The van der Waals surface area contributed by atoms with Gasteiger partial charge in [0.25, 0.3) is 0 Å². The van der Waals surface area contributed by atoms with Gasteiger partial charge in [0.1, 0.15) is 11.6 Å². The minimum atomic E-state index is -3.67. The molecule has 1 aromatic rings. The number of carbonyl (C=O) groups excluding carboxylic acids is 1. The molecule has 0 fully saturated rings. The second-order valence-electron chi connectivity index (χ2n) is 3.56. The molecule has 0 unspecified atom stereocenters. The maximum atomic E-state index is 13.4. The van der Waals surface area contributed by atoms with Crippen molar-refractivity contribution >= 4 is 21.4 Å². The molecule has 0 spiro atoms. The van der Waals surface area contributed by atoms with Crippen LogP contribution in [0, 0.1) is 5.82 Å². The summed E-state index contributed by atoms with van der Waals surface area (Å²) in [6.07, 6.45) is 0. The van der Waals surface area contributed by atoms with Gasteiger partial charge in [-0.25, -0.2) is 12.8 Å². The van der Waals surface area contributed by atoms with Gasteiger partial charge in [0.15, 0.2) is 9.84 Å². The van der Waals surface area contributed by atoms with Crippen molar-refractivity contribution in [1.82, 2.24) is 5.32 Å². The Kier molecular flexibility index (Phi) is 4.06. The fraction of sp³-hybridized carbons (Fsp3) is 0.300. The van der Waals surface area contributed by atoms with Crippen LogP contribution in [0.25, 0.3) is 0 Å². The summed E-state index contributed by atoms with van der Waals surface area (Å²) in [5.74, 6) is -2.49. The summed E-state index contributed by atoms with van der Waals surface area (Å²) >= 11 is 0. The summed E-state index contributed by atoms with van der Waals surface area (Å²) in [6.45, 7) is 0. The SMILES string of the molecule is CNC(=O)CS(=O)(=O)Cc1ccc(N)cc1F. The molecule has 1 rings (SSSR count). The van der Waals surface area contributed by atoms with Crippen LogP contribution in [0.3, 0.4) is 0 Å². The molecule has 0 aliphatic rings. The van der Waals surface area contributed by atoms with Crippen LogP contribution >= 0.6 is 0 Å². The van der Waals surface area contributed by atoms with E-state index in [9.17, 15) is 17.6 Å². The van der Waals surface area contributed by atoms with Gasteiger partial charge in [-0.15, -0.1) is 0 Å². The second-order valence-corrected chi connectivity index (χ2v) is 5.62. The Morgan fingerprint density at radius 2 is 2.12 bits per heavy atom. The molecule has 5 nitrogen and oxygen atoms in total. The van der Waals surface area contributed by atoms with Crippen LogP contribution in [0.4, 0.5) is 10.1 Å². The van der Waals surface area contributed by atoms with Crippen molar-refractivity contribution in [2.75, 3.05) is 18.5 Å². The lowest BCUT2D eigenvalue weighted by atomic mass is 10.2. The van der Waals surface area contributed by atoms with E-state index in [1.54, 1.807) is 0 Å². The van der Waals surface area contributed by atoms with E-state index in [2.05, 4.69) is 5.32 Å². The largest absolute Gasteiger partial charge is 0.399 e. The number of hydrogen-bond donors (Lipinski definition) is 2. The molecule has 7 heteroatoms. The second kappa shape index (κ2) is 5.13. The number of sulfone groups is 1. The number of nitrogen functional groups attached to an aromatic ring is 1. The van der Waals surface area contributed by atoms with Crippen molar-refractivity contribution in [2.24, 2.45) is 0 Å². The van der Waals surface area contributed by atoms with Crippen LogP contribution in [-0.4, -0.2) is 27.1 Å². The molecule has 1 aromatic carbocycles. The van der Waals surface area contributed by atoms with Gasteiger partial charge in [-0.05, 0) is 12.1 Å². The molecule has 0 aliphatic carbocycles. The first-order valence-corrected chi connectivity index (χ1v) is 6.61. The van der Waals surface area contributed by atoms with Crippen molar-refractivity contribution in [1.29, 1.82) is 0 Å². The van der Waals surface area contributed by atoms with Crippen molar-refractivity contribution in [3.8, 4) is 0 Å². The number of carbonyl (C=O) groups is 1. The van der Waals surface area contributed by atoms with Crippen molar-refractivity contribution in [3.63, 3.8) is 0 Å². The highest BCUT2D eigenvalue weighted by atomic mass is 32.2. The summed E-state index contributed by atoms with van der Waals surface area (Å²) in [5, 5.41) is 2.20. The zero-order valence-electron chi connectivity index (χ0n) is 9.23. The minimum Gasteiger partial charge on any atom is -0.399 e. The molecular formula is C10H13FN2O3S. The number of rotatable bonds is 4. The van der Waals surface area contributed by atoms with Gasteiger partial charge in [-0.3, -0.25) is 4.79 Å². The van der Waals surface area contributed by atoms with E-state index in [0.29, 0.717) is 0 Å². The number of hydrogen-bond acceptors (Lipinski definition) is 4. The van der Waals surface area contributed by atoms with Crippen molar-refractivity contribution in [3.05, 3.63) is 29.6 Å². The minimum absolute atomic E-state index is 0.00287. The Labute approximate surface area is 98.7 Å². The third kappa shape index (κ3) is 4.03. The van der Waals surface area contributed by atoms with Gasteiger partial charge in [0, 0.05) is 18.3 Å². The molecule has 17 heavy (non-hydrogen) atoms. The molecule has 1 amide bonds. The summed E-state index contributed by atoms with van der Waals surface area (Å²) in [5.41, 5.74) is 5.56. The standard InChI is InChI=1S/C10H13FN2O3S/c1-13-10(14)6-17(15,16)5-7-2-3-8(12)4-9(7)11/h2-4H,5-6,12H2,1H3,(H,13,14). The third-order valence-electron chi connectivity index (χ3n) is 2.08. The lowest BCUT2D eigenvalue weighted by molar-refractivity contribution is -0.118. The summed E-state index contributed by atoms with van der Waals surface area (Å²) in [6, 6.07) is 3.75. The summed E-state index contributed by atoms with van der Waals surface area (Å²) in [4.78, 5) is 11.0. The van der Waals surface area contributed by atoms with E-state index in [0.717, 1.165) is 6.07 Å². The Bertz CT molecular complexity index is 528. The van der Waals surface area contributed by atoms with E-state index >= 15 is 0 Å². The number of halogens is 1. The van der Waals surface area contributed by atoms with Crippen LogP contribution in [-0.2, 0) is 20.4 Å². The van der Waals surface area contributed by atoms with Gasteiger partial charge in [-0.1, -0.05) is 6.07 Å². The summed E-state index contributed by atoms with van der Waals surface area (Å²) in [7, 11) is -2.34. The van der Waals surface area contributed by atoms with Gasteiger partial charge in [0.05, 0.1) is 5.75 Å². The molecule has 0 radical (unpaired) electrons. The number of amides is 1. The highest BCUT2D eigenvalue weighted by Crippen LogP contribution is 2.15. The molecule has 0 heterocycles.